The summed E-state index contributed by atoms with van der Waals surface area (Å²) in [6.07, 6.45) is 1.14. The molecule has 5 heteroatoms. The van der Waals surface area contributed by atoms with Gasteiger partial charge in [-0.25, -0.2) is 8.42 Å². The minimum atomic E-state index is -3.19. The summed E-state index contributed by atoms with van der Waals surface area (Å²) < 4.78 is 24.4. The van der Waals surface area contributed by atoms with E-state index < -0.39 is 10.0 Å². The number of benzene rings is 1. The van der Waals surface area contributed by atoms with E-state index in [1.54, 1.807) is 12.1 Å². The zero-order valence-corrected chi connectivity index (χ0v) is 10.6. The highest BCUT2D eigenvalue weighted by atomic mass is 32.2. The summed E-state index contributed by atoms with van der Waals surface area (Å²) in [7, 11) is -3.19. The molecule has 0 fully saturated rings. The fraction of sp³-hybridized carbons (Fsp3) is 0.455. The molecule has 0 radical (unpaired) electrons. The first-order valence-corrected chi connectivity index (χ1v) is 7.12. The van der Waals surface area contributed by atoms with Gasteiger partial charge in [-0.05, 0) is 31.2 Å². The lowest BCUT2D eigenvalue weighted by atomic mass is 10.1. The fourth-order valence-corrected chi connectivity index (χ4v) is 2.04. The van der Waals surface area contributed by atoms with Crippen LogP contribution in [-0.2, 0) is 10.0 Å². The maximum atomic E-state index is 11.0. The quantitative estimate of drug-likeness (QED) is 0.826. The number of sulfonamides is 1. The van der Waals surface area contributed by atoms with Crippen LogP contribution in [0.15, 0.2) is 24.3 Å². The third-order valence-corrected chi connectivity index (χ3v) is 2.83. The summed E-state index contributed by atoms with van der Waals surface area (Å²) in [5.41, 5.74) is 1.73. The molecule has 90 valence electrons. The van der Waals surface area contributed by atoms with Crippen molar-refractivity contribution in [1.29, 1.82) is 0 Å². The van der Waals surface area contributed by atoms with E-state index >= 15 is 0 Å². The predicted octanol–water partition coefficient (Wildman–Crippen LogP) is 1.73. The van der Waals surface area contributed by atoms with Crippen molar-refractivity contribution < 1.29 is 8.42 Å². The molecular formula is C11H18N2O2S. The normalized spacial score (nSPS) is 13.4. The molecule has 0 saturated carbocycles. The molecule has 1 aromatic carbocycles. The number of hydrogen-bond donors (Lipinski definition) is 2. The number of rotatable bonds is 5. The number of nitrogens with one attached hydrogen (secondary N) is 2. The Morgan fingerprint density at radius 1 is 1.25 bits per heavy atom. The third-order valence-electron chi connectivity index (χ3n) is 2.22. The van der Waals surface area contributed by atoms with Crippen molar-refractivity contribution in [3.8, 4) is 0 Å². The lowest BCUT2D eigenvalue weighted by molar-refractivity contribution is 0.598. The van der Waals surface area contributed by atoms with E-state index in [9.17, 15) is 8.42 Å². The molecule has 0 aromatic heterocycles. The van der Waals surface area contributed by atoms with Crippen molar-refractivity contribution in [3.63, 3.8) is 0 Å². The Labute approximate surface area is 97.1 Å². The second kappa shape index (κ2) is 5.32. The summed E-state index contributed by atoms with van der Waals surface area (Å²) in [6.45, 7) is 5.03. The molecule has 16 heavy (non-hydrogen) atoms. The Bertz CT molecular complexity index is 426. The highest BCUT2D eigenvalue weighted by Gasteiger charge is 2.05. The second-order valence-corrected chi connectivity index (χ2v) is 5.52. The topological polar surface area (TPSA) is 58.2 Å². The average Bonchev–Trinajstić information content (AvgIpc) is 2.16. The molecule has 0 aliphatic heterocycles. The van der Waals surface area contributed by atoms with Crippen LogP contribution in [0.25, 0.3) is 0 Å². The van der Waals surface area contributed by atoms with E-state index in [4.69, 9.17) is 0 Å². The Hall–Kier alpha value is -1.07. The number of hydrogen-bond acceptors (Lipinski definition) is 3. The van der Waals surface area contributed by atoms with Crippen molar-refractivity contribution in [1.82, 2.24) is 5.32 Å². The van der Waals surface area contributed by atoms with Crippen molar-refractivity contribution in [2.75, 3.05) is 17.5 Å². The monoisotopic (exact) mass is 242 g/mol. The zero-order valence-electron chi connectivity index (χ0n) is 9.82. The van der Waals surface area contributed by atoms with E-state index in [0.29, 0.717) is 5.69 Å². The molecule has 4 nitrogen and oxygen atoms in total. The number of anilines is 1. The van der Waals surface area contributed by atoms with Gasteiger partial charge in [0.2, 0.25) is 10.0 Å². The van der Waals surface area contributed by atoms with Crippen molar-refractivity contribution in [2.24, 2.45) is 0 Å². The van der Waals surface area contributed by atoms with Gasteiger partial charge in [0, 0.05) is 11.7 Å². The Balaban J connectivity index is 2.75. The molecule has 1 atom stereocenters. The van der Waals surface area contributed by atoms with Crippen LogP contribution in [-0.4, -0.2) is 21.2 Å². The van der Waals surface area contributed by atoms with Crippen LogP contribution in [0, 0.1) is 0 Å². The first-order valence-electron chi connectivity index (χ1n) is 5.23. The van der Waals surface area contributed by atoms with Crippen molar-refractivity contribution in [3.05, 3.63) is 29.8 Å². The SMILES string of the molecule is CCNC(C)c1ccc(NS(C)(=O)=O)cc1. The van der Waals surface area contributed by atoms with Gasteiger partial charge in [0.05, 0.1) is 6.26 Å². The summed E-state index contributed by atoms with van der Waals surface area (Å²) in [5.74, 6) is 0. The minimum absolute atomic E-state index is 0.275. The van der Waals surface area contributed by atoms with Crippen LogP contribution in [0.3, 0.4) is 0 Å². The lowest BCUT2D eigenvalue weighted by Crippen LogP contribution is -2.17. The van der Waals surface area contributed by atoms with Crippen LogP contribution in [0.2, 0.25) is 0 Å². The molecule has 0 amide bonds. The van der Waals surface area contributed by atoms with Gasteiger partial charge in [-0.2, -0.15) is 0 Å². The van der Waals surface area contributed by atoms with Gasteiger partial charge in [0.1, 0.15) is 0 Å². The van der Waals surface area contributed by atoms with Gasteiger partial charge in [-0.1, -0.05) is 19.1 Å². The minimum Gasteiger partial charge on any atom is -0.310 e. The van der Waals surface area contributed by atoms with Crippen LogP contribution in [0.5, 0.6) is 0 Å². The summed E-state index contributed by atoms with van der Waals surface area (Å²) in [4.78, 5) is 0. The van der Waals surface area contributed by atoms with Gasteiger partial charge in [-0.15, -0.1) is 0 Å². The molecule has 0 spiro atoms. The van der Waals surface area contributed by atoms with Crippen LogP contribution in [0.1, 0.15) is 25.5 Å². The Morgan fingerprint density at radius 2 is 1.81 bits per heavy atom. The van der Waals surface area contributed by atoms with Crippen LogP contribution >= 0.6 is 0 Å². The standard InChI is InChI=1S/C11H18N2O2S/c1-4-12-9(2)10-5-7-11(8-6-10)13-16(3,14)15/h5-9,12-13H,4H2,1-3H3. The molecular weight excluding hydrogens is 224 g/mol. The molecule has 0 saturated heterocycles. The van der Waals surface area contributed by atoms with Crippen molar-refractivity contribution in [2.45, 2.75) is 19.9 Å². The summed E-state index contributed by atoms with van der Waals surface area (Å²) >= 11 is 0. The first-order chi connectivity index (χ1) is 7.42. The zero-order chi connectivity index (χ0) is 12.2. The van der Waals surface area contributed by atoms with Crippen LogP contribution in [0.4, 0.5) is 5.69 Å². The van der Waals surface area contributed by atoms with Crippen molar-refractivity contribution >= 4 is 15.7 Å². The molecule has 0 heterocycles. The highest BCUT2D eigenvalue weighted by Crippen LogP contribution is 2.16. The van der Waals surface area contributed by atoms with Gasteiger partial charge in [0.25, 0.3) is 0 Å². The van der Waals surface area contributed by atoms with E-state index in [1.807, 2.05) is 12.1 Å². The predicted molar refractivity (Wildman–Crippen MR) is 67.0 cm³/mol. The Morgan fingerprint density at radius 3 is 2.25 bits per heavy atom. The molecule has 1 unspecified atom stereocenters. The molecule has 0 aliphatic rings. The van der Waals surface area contributed by atoms with Gasteiger partial charge < -0.3 is 5.32 Å². The summed E-state index contributed by atoms with van der Waals surface area (Å²) in [5, 5.41) is 3.29. The van der Waals surface area contributed by atoms with E-state index in [0.717, 1.165) is 18.4 Å². The third kappa shape index (κ3) is 4.20. The van der Waals surface area contributed by atoms with Gasteiger partial charge in [-0.3, -0.25) is 4.72 Å². The molecule has 1 aromatic rings. The van der Waals surface area contributed by atoms with E-state index in [1.165, 1.54) is 0 Å². The largest absolute Gasteiger partial charge is 0.310 e. The van der Waals surface area contributed by atoms with E-state index in [-0.39, 0.29) is 6.04 Å². The molecule has 1 rings (SSSR count). The highest BCUT2D eigenvalue weighted by molar-refractivity contribution is 7.92. The average molecular weight is 242 g/mol. The second-order valence-electron chi connectivity index (χ2n) is 3.78. The van der Waals surface area contributed by atoms with Gasteiger partial charge in [0.15, 0.2) is 0 Å². The smallest absolute Gasteiger partial charge is 0.229 e. The lowest BCUT2D eigenvalue weighted by Gasteiger charge is -2.13. The van der Waals surface area contributed by atoms with Gasteiger partial charge >= 0.3 is 0 Å². The van der Waals surface area contributed by atoms with Crippen LogP contribution < -0.4 is 10.0 Å². The van der Waals surface area contributed by atoms with E-state index in [2.05, 4.69) is 23.9 Å². The first kappa shape index (κ1) is 13.0. The molecule has 0 bridgehead atoms. The Kier molecular flexibility index (Phi) is 4.32. The molecule has 2 N–H and O–H groups in total. The maximum absolute atomic E-state index is 11.0. The fourth-order valence-electron chi connectivity index (χ4n) is 1.48. The molecule has 0 aliphatic carbocycles. The summed E-state index contributed by atoms with van der Waals surface area (Å²) in [6, 6.07) is 7.65. The maximum Gasteiger partial charge on any atom is 0.229 e.